The van der Waals surface area contributed by atoms with Gasteiger partial charge in [0.15, 0.2) is 0 Å². The average Bonchev–Trinajstić information content (AvgIpc) is 2.71. The molecule has 0 aliphatic carbocycles. The van der Waals surface area contributed by atoms with E-state index in [0.29, 0.717) is 16.4 Å². The Bertz CT molecular complexity index is 1180. The lowest BCUT2D eigenvalue weighted by molar-refractivity contribution is -0.114. The van der Waals surface area contributed by atoms with Gasteiger partial charge < -0.3 is 5.32 Å². The minimum absolute atomic E-state index is 0.123. The molecular formula is C23H23ClN2O3S. The van der Waals surface area contributed by atoms with Crippen LogP contribution in [0.4, 0.5) is 11.4 Å². The molecule has 0 aliphatic rings. The SMILES string of the molecule is Cc1ccc(C)c(N(CC(=O)Nc2cc(Cl)ccc2C)S(=O)(=O)c2ccccc2)c1. The van der Waals surface area contributed by atoms with Crippen LogP contribution in [0, 0.1) is 20.8 Å². The maximum absolute atomic E-state index is 13.4. The topological polar surface area (TPSA) is 66.5 Å². The molecular weight excluding hydrogens is 420 g/mol. The first-order valence-corrected chi connectivity index (χ1v) is 11.2. The average molecular weight is 443 g/mol. The Labute approximate surface area is 182 Å². The van der Waals surface area contributed by atoms with Gasteiger partial charge in [0.05, 0.1) is 10.6 Å². The van der Waals surface area contributed by atoms with Gasteiger partial charge in [-0.1, -0.05) is 48.0 Å². The van der Waals surface area contributed by atoms with E-state index >= 15 is 0 Å². The lowest BCUT2D eigenvalue weighted by atomic mass is 10.1. The molecule has 0 spiro atoms. The monoisotopic (exact) mass is 442 g/mol. The quantitative estimate of drug-likeness (QED) is 0.577. The summed E-state index contributed by atoms with van der Waals surface area (Å²) in [6, 6.07) is 18.8. The molecule has 0 radical (unpaired) electrons. The van der Waals surface area contributed by atoms with Gasteiger partial charge in [-0.05, 0) is 67.8 Å². The predicted octanol–water partition coefficient (Wildman–Crippen LogP) is 5.10. The van der Waals surface area contributed by atoms with Gasteiger partial charge in [0, 0.05) is 10.7 Å². The first-order chi connectivity index (χ1) is 14.2. The highest BCUT2D eigenvalue weighted by molar-refractivity contribution is 7.92. The molecule has 0 saturated carbocycles. The summed E-state index contributed by atoms with van der Waals surface area (Å²) in [5.74, 6) is -0.458. The number of amides is 1. The number of hydrogen-bond donors (Lipinski definition) is 1. The number of nitrogens with one attached hydrogen (secondary N) is 1. The van der Waals surface area contributed by atoms with E-state index in [1.165, 1.54) is 12.1 Å². The van der Waals surface area contributed by atoms with Crippen LogP contribution in [0.2, 0.25) is 5.02 Å². The minimum Gasteiger partial charge on any atom is -0.324 e. The summed E-state index contributed by atoms with van der Waals surface area (Å²) in [5, 5.41) is 3.26. The lowest BCUT2D eigenvalue weighted by Gasteiger charge is -2.26. The molecule has 0 bridgehead atoms. The van der Waals surface area contributed by atoms with Crippen molar-refractivity contribution in [3.05, 3.63) is 88.4 Å². The fourth-order valence-corrected chi connectivity index (χ4v) is 4.73. The zero-order chi connectivity index (χ0) is 21.9. The predicted molar refractivity (Wildman–Crippen MR) is 122 cm³/mol. The summed E-state index contributed by atoms with van der Waals surface area (Å²) >= 11 is 6.04. The fourth-order valence-electron chi connectivity index (χ4n) is 3.06. The largest absolute Gasteiger partial charge is 0.324 e. The Hall–Kier alpha value is -2.83. The molecule has 0 fully saturated rings. The summed E-state index contributed by atoms with van der Waals surface area (Å²) in [6.07, 6.45) is 0. The van der Waals surface area contributed by atoms with Crippen molar-refractivity contribution in [1.82, 2.24) is 0 Å². The van der Waals surface area contributed by atoms with Crippen LogP contribution in [0.1, 0.15) is 16.7 Å². The van der Waals surface area contributed by atoms with Crippen molar-refractivity contribution in [2.75, 3.05) is 16.2 Å². The molecule has 0 atom stereocenters. The van der Waals surface area contributed by atoms with E-state index < -0.39 is 15.9 Å². The van der Waals surface area contributed by atoms with Gasteiger partial charge >= 0.3 is 0 Å². The Balaban J connectivity index is 2.01. The van der Waals surface area contributed by atoms with Crippen LogP contribution in [0.15, 0.2) is 71.6 Å². The summed E-state index contributed by atoms with van der Waals surface area (Å²) in [5.41, 5.74) is 3.50. The first kappa shape index (κ1) is 21.9. The van der Waals surface area contributed by atoms with E-state index in [1.54, 1.807) is 42.5 Å². The Kier molecular flexibility index (Phi) is 6.48. The van der Waals surface area contributed by atoms with Gasteiger partial charge in [0.2, 0.25) is 5.91 Å². The Morgan fingerprint density at radius 3 is 2.30 bits per heavy atom. The summed E-state index contributed by atoms with van der Waals surface area (Å²) < 4.78 is 28.0. The number of sulfonamides is 1. The highest BCUT2D eigenvalue weighted by Crippen LogP contribution is 2.28. The summed E-state index contributed by atoms with van der Waals surface area (Å²) in [6.45, 7) is 5.18. The van der Waals surface area contributed by atoms with Gasteiger partial charge in [-0.15, -0.1) is 0 Å². The third kappa shape index (κ3) is 4.83. The highest BCUT2D eigenvalue weighted by atomic mass is 35.5. The molecule has 0 saturated heterocycles. The molecule has 7 heteroatoms. The smallest absolute Gasteiger partial charge is 0.264 e. The van der Waals surface area contributed by atoms with Crippen LogP contribution in [0.5, 0.6) is 0 Å². The van der Waals surface area contributed by atoms with Gasteiger partial charge in [-0.25, -0.2) is 8.42 Å². The number of aryl methyl sites for hydroxylation is 3. The molecule has 3 aromatic rings. The van der Waals surface area contributed by atoms with Crippen LogP contribution in [0.25, 0.3) is 0 Å². The molecule has 1 N–H and O–H groups in total. The molecule has 3 rings (SSSR count). The lowest BCUT2D eigenvalue weighted by Crippen LogP contribution is -2.38. The number of rotatable bonds is 6. The number of anilines is 2. The molecule has 0 heterocycles. The van der Waals surface area contributed by atoms with E-state index in [1.807, 2.05) is 32.9 Å². The Morgan fingerprint density at radius 1 is 0.933 bits per heavy atom. The fraction of sp³-hybridized carbons (Fsp3) is 0.174. The van der Waals surface area contributed by atoms with Crippen LogP contribution >= 0.6 is 11.6 Å². The molecule has 0 aromatic heterocycles. The second-order valence-electron chi connectivity index (χ2n) is 7.12. The molecule has 30 heavy (non-hydrogen) atoms. The molecule has 156 valence electrons. The number of carbonyl (C=O) groups excluding carboxylic acids is 1. The normalized spacial score (nSPS) is 11.2. The zero-order valence-corrected chi connectivity index (χ0v) is 18.6. The van der Waals surface area contributed by atoms with Crippen molar-refractivity contribution in [1.29, 1.82) is 0 Å². The van der Waals surface area contributed by atoms with Crippen molar-refractivity contribution in [2.45, 2.75) is 25.7 Å². The van der Waals surface area contributed by atoms with Crippen LogP contribution < -0.4 is 9.62 Å². The number of hydrogen-bond acceptors (Lipinski definition) is 3. The molecule has 0 aliphatic heterocycles. The maximum atomic E-state index is 13.4. The van der Waals surface area contributed by atoms with Crippen molar-refractivity contribution in [2.24, 2.45) is 0 Å². The zero-order valence-electron chi connectivity index (χ0n) is 17.0. The van der Waals surface area contributed by atoms with Gasteiger partial charge in [-0.3, -0.25) is 9.10 Å². The number of benzene rings is 3. The highest BCUT2D eigenvalue weighted by Gasteiger charge is 2.28. The number of nitrogens with zero attached hydrogens (tertiary/aromatic N) is 1. The van der Waals surface area contributed by atoms with Crippen molar-refractivity contribution in [3.8, 4) is 0 Å². The second-order valence-corrected chi connectivity index (χ2v) is 9.42. The third-order valence-corrected chi connectivity index (χ3v) is 6.73. The molecule has 1 amide bonds. The van der Waals surface area contributed by atoms with E-state index in [0.717, 1.165) is 21.0 Å². The van der Waals surface area contributed by atoms with Gasteiger partial charge in [0.1, 0.15) is 6.54 Å². The van der Waals surface area contributed by atoms with Crippen molar-refractivity contribution < 1.29 is 13.2 Å². The standard InChI is InChI=1S/C23H23ClN2O3S/c1-16-9-10-18(3)22(13-16)26(30(28,29)20-7-5-4-6-8-20)15-23(27)25-21-14-19(24)12-11-17(21)2/h4-14H,15H2,1-3H3,(H,25,27). The first-order valence-electron chi connectivity index (χ1n) is 9.39. The molecule has 3 aromatic carbocycles. The van der Waals surface area contributed by atoms with Crippen LogP contribution in [0.3, 0.4) is 0 Å². The summed E-state index contributed by atoms with van der Waals surface area (Å²) in [4.78, 5) is 13.0. The molecule has 5 nitrogen and oxygen atoms in total. The van der Waals surface area contributed by atoms with E-state index in [-0.39, 0.29) is 11.4 Å². The van der Waals surface area contributed by atoms with Gasteiger partial charge in [-0.2, -0.15) is 0 Å². The summed E-state index contributed by atoms with van der Waals surface area (Å²) in [7, 11) is -3.95. The third-order valence-electron chi connectivity index (χ3n) is 4.73. The Morgan fingerprint density at radius 2 is 1.60 bits per heavy atom. The van der Waals surface area contributed by atoms with E-state index in [9.17, 15) is 13.2 Å². The maximum Gasteiger partial charge on any atom is 0.264 e. The minimum atomic E-state index is -3.95. The molecule has 0 unspecified atom stereocenters. The van der Waals surface area contributed by atoms with E-state index in [2.05, 4.69) is 5.32 Å². The van der Waals surface area contributed by atoms with Crippen molar-refractivity contribution >= 4 is 38.9 Å². The van der Waals surface area contributed by atoms with E-state index in [4.69, 9.17) is 11.6 Å². The van der Waals surface area contributed by atoms with Crippen LogP contribution in [-0.4, -0.2) is 20.9 Å². The second kappa shape index (κ2) is 8.90. The van der Waals surface area contributed by atoms with Crippen LogP contribution in [-0.2, 0) is 14.8 Å². The van der Waals surface area contributed by atoms with Crippen molar-refractivity contribution in [3.63, 3.8) is 0 Å². The van der Waals surface area contributed by atoms with Gasteiger partial charge in [0.25, 0.3) is 10.0 Å². The number of halogens is 1. The number of carbonyl (C=O) groups is 1.